The van der Waals surface area contributed by atoms with Crippen molar-refractivity contribution in [1.82, 2.24) is 26.6 Å². The summed E-state index contributed by atoms with van der Waals surface area (Å²) in [5.41, 5.74) is 12.6. The zero-order valence-electron chi connectivity index (χ0n) is 36.2. The number of ether oxygens (including phenoxy) is 1. The van der Waals surface area contributed by atoms with E-state index in [1.54, 1.807) is 19.2 Å². The summed E-state index contributed by atoms with van der Waals surface area (Å²) in [7, 11) is 1.56. The van der Waals surface area contributed by atoms with Crippen molar-refractivity contribution in [1.29, 1.82) is 0 Å². The van der Waals surface area contributed by atoms with Crippen LogP contribution < -0.4 is 42.8 Å². The number of nitrogens with two attached hydrogens (primary N) is 2. The van der Waals surface area contributed by atoms with E-state index in [9.17, 15) is 24.0 Å². The molecule has 0 aliphatic carbocycles. The van der Waals surface area contributed by atoms with Crippen LogP contribution in [0.15, 0.2) is 78.9 Å². The van der Waals surface area contributed by atoms with Crippen molar-refractivity contribution < 1.29 is 28.7 Å². The third kappa shape index (κ3) is 12.9. The van der Waals surface area contributed by atoms with Gasteiger partial charge in [0.2, 0.25) is 23.6 Å². The molecule has 3 aromatic carbocycles. The van der Waals surface area contributed by atoms with Crippen LogP contribution in [0.25, 0.3) is 10.8 Å². The van der Waals surface area contributed by atoms with Crippen LogP contribution in [-0.4, -0.2) is 96.4 Å². The lowest BCUT2D eigenvalue weighted by molar-refractivity contribution is -0.133. The lowest BCUT2D eigenvalue weighted by Crippen LogP contribution is -2.62. The first-order chi connectivity index (χ1) is 28.3. The largest absolute Gasteiger partial charge is 0.497 e. The van der Waals surface area contributed by atoms with Crippen molar-refractivity contribution in [3.8, 4) is 5.75 Å². The SMILES string of the molecule is C=C(CN)[C@](C)(CCCCN)NC(=O)[C@H](Cc1ccc2ccccc2c1)NC(=O)[C@H](Cc1ccc(OC)cc1)NC(=O)[C@H]1NCC(=O)[C@@H](NC(C)=O)C(C)(C)CSC1(C)C. The predicted octanol–water partition coefficient (Wildman–Crippen LogP) is 3.71. The molecular formula is C46H65N7O6S. The van der Waals surface area contributed by atoms with Crippen molar-refractivity contribution in [3.63, 3.8) is 0 Å². The van der Waals surface area contributed by atoms with Gasteiger partial charge in [-0.2, -0.15) is 11.8 Å². The number of carbonyl (C=O) groups excluding carboxylic acids is 5. The van der Waals surface area contributed by atoms with Gasteiger partial charge in [0.1, 0.15) is 23.9 Å². The molecule has 1 saturated heterocycles. The van der Waals surface area contributed by atoms with Crippen molar-refractivity contribution in [2.45, 2.75) is 108 Å². The number of hydrogen-bond donors (Lipinski definition) is 7. The lowest BCUT2D eigenvalue weighted by atomic mass is 9.83. The quantitative estimate of drug-likeness (QED) is 0.0731. The standard InChI is InChI=1S/C46H65N7O6S/c1-29(26-48)46(7,21-11-12-22-47)53-42(57)37(25-32-15-18-33-13-9-10-14-34(33)23-32)51-41(56)36(24-31-16-19-35(59-8)20-17-31)52-43(58)40-45(5,6)60-28-44(3,4)39(50-30(2)54)38(55)27-49-40/h9-10,13-20,23,36-37,39-40,49H,1,11-12,21-22,24-28,47-48H2,2-8H3,(H,50,54)(H,51,56)(H,52,58)(H,53,57)/t36-,37-,39+,40+,46-/m0/s1. The molecule has 1 heterocycles. The molecule has 13 nitrogen and oxygen atoms in total. The molecule has 326 valence electrons. The monoisotopic (exact) mass is 843 g/mol. The molecule has 0 aromatic heterocycles. The maximum atomic E-state index is 14.7. The smallest absolute Gasteiger partial charge is 0.243 e. The van der Waals surface area contributed by atoms with E-state index in [-0.39, 0.29) is 37.6 Å². The van der Waals surface area contributed by atoms with Crippen molar-refractivity contribution in [2.24, 2.45) is 16.9 Å². The molecule has 1 aliphatic rings. The molecule has 14 heteroatoms. The van der Waals surface area contributed by atoms with Crippen LogP contribution in [0.4, 0.5) is 0 Å². The summed E-state index contributed by atoms with van der Waals surface area (Å²) in [6.45, 7) is 15.6. The Bertz CT molecular complexity index is 2000. The zero-order chi connectivity index (χ0) is 44.3. The average Bonchev–Trinajstić information content (AvgIpc) is 3.23. The van der Waals surface area contributed by atoms with E-state index >= 15 is 0 Å². The normalized spacial score (nSPS) is 19.6. The molecule has 60 heavy (non-hydrogen) atoms. The molecule has 1 fully saturated rings. The van der Waals surface area contributed by atoms with Crippen LogP contribution in [-0.2, 0) is 36.8 Å². The summed E-state index contributed by atoms with van der Waals surface area (Å²) in [6, 6.07) is 17.1. The van der Waals surface area contributed by atoms with Gasteiger partial charge in [-0.1, -0.05) is 75.0 Å². The van der Waals surface area contributed by atoms with Crippen LogP contribution in [0.5, 0.6) is 5.75 Å². The Labute approximate surface area is 359 Å². The molecule has 3 aromatic rings. The van der Waals surface area contributed by atoms with E-state index < -0.39 is 57.6 Å². The highest BCUT2D eigenvalue weighted by atomic mass is 32.2. The van der Waals surface area contributed by atoms with Crippen molar-refractivity contribution >= 4 is 51.9 Å². The summed E-state index contributed by atoms with van der Waals surface area (Å²) in [5, 5.41) is 17.2. The Balaban J connectivity index is 1.70. The summed E-state index contributed by atoms with van der Waals surface area (Å²) < 4.78 is 4.60. The molecule has 0 unspecified atom stereocenters. The summed E-state index contributed by atoms with van der Waals surface area (Å²) in [5.74, 6) is -0.977. The van der Waals surface area contributed by atoms with E-state index in [1.807, 2.05) is 89.2 Å². The van der Waals surface area contributed by atoms with Gasteiger partial charge >= 0.3 is 0 Å². The van der Waals surface area contributed by atoms with Gasteiger partial charge in [-0.05, 0) is 86.2 Å². The topological polar surface area (TPSA) is 207 Å². The number of fused-ring (bicyclic) bond motifs is 1. The number of amides is 4. The zero-order valence-corrected chi connectivity index (χ0v) is 37.1. The van der Waals surface area contributed by atoms with Crippen molar-refractivity contribution in [2.75, 3.05) is 32.5 Å². The van der Waals surface area contributed by atoms with Gasteiger partial charge in [0.25, 0.3) is 0 Å². The van der Waals surface area contributed by atoms with Gasteiger partial charge in [-0.25, -0.2) is 0 Å². The van der Waals surface area contributed by atoms with Crippen LogP contribution in [0.3, 0.4) is 0 Å². The second-order valence-electron chi connectivity index (χ2n) is 17.2. The fourth-order valence-corrected chi connectivity index (χ4v) is 8.76. The number of rotatable bonds is 18. The summed E-state index contributed by atoms with van der Waals surface area (Å²) >= 11 is 1.50. The number of methoxy groups -OCH3 is 1. The van der Waals surface area contributed by atoms with Gasteiger partial charge in [0, 0.05) is 42.2 Å². The van der Waals surface area contributed by atoms with Gasteiger partial charge in [-0.15, -0.1) is 0 Å². The number of Topliss-reactive ketones (excluding diaryl/α,β-unsaturated/α-hetero) is 1. The second kappa shape index (κ2) is 21.2. The van der Waals surface area contributed by atoms with Crippen LogP contribution in [0.1, 0.15) is 71.9 Å². The van der Waals surface area contributed by atoms with Crippen molar-refractivity contribution in [3.05, 3.63) is 90.0 Å². The number of thioether (sulfide) groups is 1. The predicted molar refractivity (Wildman–Crippen MR) is 241 cm³/mol. The Morgan fingerprint density at radius 3 is 2.18 bits per heavy atom. The summed E-state index contributed by atoms with van der Waals surface area (Å²) in [4.78, 5) is 69.4. The first kappa shape index (κ1) is 47.9. The average molecular weight is 844 g/mol. The lowest BCUT2D eigenvalue weighted by Gasteiger charge is -2.37. The molecule has 0 radical (unpaired) electrons. The molecule has 0 saturated carbocycles. The van der Waals surface area contributed by atoms with Gasteiger partial charge in [0.05, 0.1) is 25.2 Å². The third-order valence-electron chi connectivity index (χ3n) is 11.4. The minimum absolute atomic E-state index is 0.0868. The maximum absolute atomic E-state index is 14.7. The van der Waals surface area contributed by atoms with Crippen LogP contribution in [0.2, 0.25) is 0 Å². The molecular weight excluding hydrogens is 779 g/mol. The highest BCUT2D eigenvalue weighted by Gasteiger charge is 2.44. The molecule has 0 bridgehead atoms. The second-order valence-corrected chi connectivity index (χ2v) is 18.9. The first-order valence-electron chi connectivity index (χ1n) is 20.6. The number of hydrogen-bond acceptors (Lipinski definition) is 10. The Hall–Kier alpha value is -4.76. The molecule has 4 amide bonds. The molecule has 0 spiro atoms. The van der Waals surface area contributed by atoms with Gasteiger partial charge in [0.15, 0.2) is 5.78 Å². The highest BCUT2D eigenvalue weighted by Crippen LogP contribution is 2.37. The number of carbonyl (C=O) groups is 5. The van der Waals surface area contributed by atoms with Crippen LogP contribution >= 0.6 is 11.8 Å². The third-order valence-corrected chi connectivity index (χ3v) is 13.2. The van der Waals surface area contributed by atoms with E-state index in [2.05, 4.69) is 33.2 Å². The minimum atomic E-state index is -1.14. The van der Waals surface area contributed by atoms with E-state index in [1.165, 1.54) is 18.7 Å². The number of unbranched alkanes of at least 4 members (excludes halogenated alkanes) is 1. The van der Waals surface area contributed by atoms with E-state index in [0.29, 0.717) is 30.0 Å². The fraction of sp³-hybridized carbons (Fsp3) is 0.500. The van der Waals surface area contributed by atoms with E-state index in [0.717, 1.165) is 34.7 Å². The molecule has 9 N–H and O–H groups in total. The summed E-state index contributed by atoms with van der Waals surface area (Å²) in [6.07, 6.45) is 2.27. The maximum Gasteiger partial charge on any atom is 0.243 e. The van der Waals surface area contributed by atoms with Gasteiger partial charge < -0.3 is 37.5 Å². The number of benzene rings is 3. The molecule has 4 rings (SSSR count). The Morgan fingerprint density at radius 2 is 1.55 bits per heavy atom. The Kier molecular flexibility index (Phi) is 16.9. The molecule has 5 atom stereocenters. The molecule has 1 aliphatic heterocycles. The number of ketones is 1. The van der Waals surface area contributed by atoms with E-state index in [4.69, 9.17) is 16.2 Å². The van der Waals surface area contributed by atoms with Gasteiger partial charge in [-0.3, -0.25) is 29.3 Å². The minimum Gasteiger partial charge on any atom is -0.497 e. The highest BCUT2D eigenvalue weighted by molar-refractivity contribution is 8.00. The first-order valence-corrected chi connectivity index (χ1v) is 21.6. The Morgan fingerprint density at radius 1 is 0.917 bits per heavy atom. The van der Waals surface area contributed by atoms with Crippen LogP contribution in [0, 0.1) is 5.41 Å². The fourth-order valence-electron chi connectivity index (χ4n) is 7.49. The number of nitrogens with one attached hydrogen (secondary N) is 5.